The van der Waals surface area contributed by atoms with Crippen molar-refractivity contribution in [1.82, 2.24) is 0 Å². The molecule has 0 radical (unpaired) electrons. The maximum absolute atomic E-state index is 15.2. The maximum Gasteiger partial charge on any atom is 0.166 e. The molecular formula is C34H39F3O2. The van der Waals surface area contributed by atoms with E-state index in [0.29, 0.717) is 48.0 Å². The zero-order valence-corrected chi connectivity index (χ0v) is 22.9. The highest BCUT2D eigenvalue weighted by molar-refractivity contribution is 5.65. The molecule has 0 atom stereocenters. The predicted molar refractivity (Wildman–Crippen MR) is 152 cm³/mol. The lowest BCUT2D eigenvalue weighted by Gasteiger charge is -2.29. The molecule has 0 unspecified atom stereocenters. The molecule has 0 heterocycles. The molecule has 2 nitrogen and oxygen atoms in total. The lowest BCUT2D eigenvalue weighted by Crippen LogP contribution is -2.16. The highest BCUT2D eigenvalue weighted by Gasteiger charge is 2.26. The van der Waals surface area contributed by atoms with Gasteiger partial charge < -0.3 is 9.47 Å². The topological polar surface area (TPSA) is 18.5 Å². The Bertz CT molecular complexity index is 1210. The van der Waals surface area contributed by atoms with Crippen LogP contribution in [0.15, 0.2) is 67.3 Å². The predicted octanol–water partition coefficient (Wildman–Crippen LogP) is 9.81. The van der Waals surface area contributed by atoms with Crippen LogP contribution in [0.5, 0.6) is 11.5 Å². The number of aryl methyl sites for hydroxylation is 1. The lowest BCUT2D eigenvalue weighted by atomic mass is 9.76. The molecule has 1 saturated carbocycles. The van der Waals surface area contributed by atoms with Crippen molar-refractivity contribution in [2.45, 2.75) is 70.6 Å². The minimum Gasteiger partial charge on any atom is -0.494 e. The van der Waals surface area contributed by atoms with Gasteiger partial charge >= 0.3 is 0 Å². The first-order chi connectivity index (χ1) is 19.0. The SMILES string of the molecule is C=CCCOc1ccc(CCC2CCC(c3ccc(-c4ccc(OCCCC)cc4)c(F)c3F)CC2)c(F)c1. The van der Waals surface area contributed by atoms with Crippen molar-refractivity contribution in [2.24, 2.45) is 5.92 Å². The van der Waals surface area contributed by atoms with E-state index in [9.17, 15) is 4.39 Å². The second kappa shape index (κ2) is 14.3. The molecule has 5 heteroatoms. The summed E-state index contributed by atoms with van der Waals surface area (Å²) in [5.74, 6) is -0.0477. The first-order valence-electron chi connectivity index (χ1n) is 14.2. The van der Waals surface area contributed by atoms with Gasteiger partial charge in [-0.25, -0.2) is 13.2 Å². The van der Waals surface area contributed by atoms with Crippen LogP contribution in [0.2, 0.25) is 0 Å². The van der Waals surface area contributed by atoms with Gasteiger partial charge in [-0.3, -0.25) is 0 Å². The van der Waals surface area contributed by atoms with Crippen LogP contribution < -0.4 is 9.47 Å². The van der Waals surface area contributed by atoms with Crippen LogP contribution in [0, 0.1) is 23.4 Å². The van der Waals surface area contributed by atoms with Crippen LogP contribution in [0.3, 0.4) is 0 Å². The molecule has 0 aromatic heterocycles. The molecule has 1 aliphatic rings. The molecule has 0 spiro atoms. The van der Waals surface area contributed by atoms with Crippen molar-refractivity contribution in [2.75, 3.05) is 13.2 Å². The van der Waals surface area contributed by atoms with Crippen molar-refractivity contribution >= 4 is 0 Å². The fraction of sp³-hybridized carbons (Fsp3) is 0.412. The number of rotatable bonds is 13. The molecule has 3 aromatic rings. The van der Waals surface area contributed by atoms with Crippen LogP contribution in [0.25, 0.3) is 11.1 Å². The Morgan fingerprint density at radius 1 is 0.846 bits per heavy atom. The van der Waals surface area contributed by atoms with Gasteiger partial charge in [-0.15, -0.1) is 6.58 Å². The van der Waals surface area contributed by atoms with Crippen molar-refractivity contribution in [3.63, 3.8) is 0 Å². The molecule has 0 saturated heterocycles. The quantitative estimate of drug-likeness (QED) is 0.160. The van der Waals surface area contributed by atoms with Crippen molar-refractivity contribution in [3.05, 3.63) is 95.8 Å². The number of ether oxygens (including phenoxy) is 2. The normalized spacial score (nSPS) is 17.1. The number of hydrogen-bond acceptors (Lipinski definition) is 2. The van der Waals surface area contributed by atoms with Gasteiger partial charge in [0.25, 0.3) is 0 Å². The van der Waals surface area contributed by atoms with E-state index >= 15 is 8.78 Å². The van der Waals surface area contributed by atoms with E-state index in [0.717, 1.165) is 57.1 Å². The summed E-state index contributed by atoms with van der Waals surface area (Å²) in [5.41, 5.74) is 2.06. The van der Waals surface area contributed by atoms with Gasteiger partial charge in [-0.05, 0) is 98.1 Å². The monoisotopic (exact) mass is 536 g/mol. The first kappa shape index (κ1) is 28.8. The van der Waals surface area contributed by atoms with Crippen LogP contribution in [-0.2, 0) is 6.42 Å². The van der Waals surface area contributed by atoms with Gasteiger partial charge in [0.15, 0.2) is 11.6 Å². The van der Waals surface area contributed by atoms with Crippen molar-refractivity contribution in [3.8, 4) is 22.6 Å². The molecule has 0 aliphatic heterocycles. The zero-order chi connectivity index (χ0) is 27.6. The number of hydrogen-bond donors (Lipinski definition) is 0. The Balaban J connectivity index is 1.30. The van der Waals surface area contributed by atoms with E-state index in [4.69, 9.17) is 9.47 Å². The standard InChI is InChI=1S/C34H39F3O2/c1-3-5-21-38-28-16-13-26(14-17-28)31-20-19-30(33(36)34(31)37)25-10-7-24(8-11-25)9-12-27-15-18-29(23-32(27)35)39-22-6-4-2/h4,13-20,23-25H,2-3,5-12,21-22H2,1H3. The third-order valence-electron chi connectivity index (χ3n) is 7.77. The number of unbranched alkanes of at least 4 members (excludes halogenated alkanes) is 1. The molecule has 0 bridgehead atoms. The van der Waals surface area contributed by atoms with E-state index in [1.807, 2.05) is 6.07 Å². The average molecular weight is 537 g/mol. The summed E-state index contributed by atoms with van der Waals surface area (Å²) in [7, 11) is 0. The van der Waals surface area contributed by atoms with Crippen LogP contribution in [0.1, 0.15) is 75.3 Å². The largest absolute Gasteiger partial charge is 0.494 e. The molecule has 208 valence electrons. The van der Waals surface area contributed by atoms with E-state index in [1.165, 1.54) is 6.07 Å². The Labute approximate surface area is 230 Å². The molecule has 0 amide bonds. The summed E-state index contributed by atoms with van der Waals surface area (Å²) in [5, 5.41) is 0. The number of halogens is 3. The van der Waals surface area contributed by atoms with Crippen molar-refractivity contribution in [1.29, 1.82) is 0 Å². The maximum atomic E-state index is 15.2. The van der Waals surface area contributed by atoms with Crippen LogP contribution in [0.4, 0.5) is 13.2 Å². The molecule has 4 rings (SSSR count). The van der Waals surface area contributed by atoms with Crippen LogP contribution in [-0.4, -0.2) is 13.2 Å². The minimum atomic E-state index is -0.790. The zero-order valence-electron chi connectivity index (χ0n) is 22.9. The number of benzene rings is 3. The molecule has 1 aliphatic carbocycles. The fourth-order valence-electron chi connectivity index (χ4n) is 5.37. The van der Waals surface area contributed by atoms with Gasteiger partial charge in [-0.1, -0.05) is 49.8 Å². The Morgan fingerprint density at radius 3 is 2.26 bits per heavy atom. The molecule has 1 fully saturated rings. The summed E-state index contributed by atoms with van der Waals surface area (Å²) in [4.78, 5) is 0. The highest BCUT2D eigenvalue weighted by atomic mass is 19.2. The highest BCUT2D eigenvalue weighted by Crippen LogP contribution is 2.40. The van der Waals surface area contributed by atoms with E-state index in [1.54, 1.807) is 48.5 Å². The van der Waals surface area contributed by atoms with Crippen LogP contribution >= 0.6 is 0 Å². The Morgan fingerprint density at radius 2 is 1.56 bits per heavy atom. The Kier molecular flexibility index (Phi) is 10.5. The summed E-state index contributed by atoms with van der Waals surface area (Å²) >= 11 is 0. The van der Waals surface area contributed by atoms with Gasteiger partial charge in [0.1, 0.15) is 17.3 Å². The second-order valence-electron chi connectivity index (χ2n) is 10.5. The molecule has 39 heavy (non-hydrogen) atoms. The van der Waals surface area contributed by atoms with E-state index < -0.39 is 11.6 Å². The average Bonchev–Trinajstić information content (AvgIpc) is 2.95. The van der Waals surface area contributed by atoms with Gasteiger partial charge in [0.05, 0.1) is 13.2 Å². The summed E-state index contributed by atoms with van der Waals surface area (Å²) in [6, 6.07) is 15.7. The third kappa shape index (κ3) is 7.68. The first-order valence-corrected chi connectivity index (χ1v) is 14.2. The summed E-state index contributed by atoms with van der Waals surface area (Å²) in [6.07, 6.45) is 9.53. The third-order valence-corrected chi connectivity index (χ3v) is 7.77. The Hall–Kier alpha value is -3.21. The van der Waals surface area contributed by atoms with Crippen molar-refractivity contribution < 1.29 is 22.6 Å². The lowest BCUT2D eigenvalue weighted by molar-refractivity contribution is 0.303. The summed E-state index contributed by atoms with van der Waals surface area (Å²) < 4.78 is 56.1. The van der Waals surface area contributed by atoms with Gasteiger partial charge in [-0.2, -0.15) is 0 Å². The fourth-order valence-corrected chi connectivity index (χ4v) is 5.37. The van der Waals surface area contributed by atoms with Gasteiger partial charge in [0, 0.05) is 11.6 Å². The molecule has 0 N–H and O–H groups in total. The minimum absolute atomic E-state index is 0.00266. The molecular weight excluding hydrogens is 497 g/mol. The smallest absolute Gasteiger partial charge is 0.166 e. The second-order valence-corrected chi connectivity index (χ2v) is 10.5. The summed E-state index contributed by atoms with van der Waals surface area (Å²) in [6.45, 7) is 6.89. The molecule has 3 aromatic carbocycles. The van der Waals surface area contributed by atoms with E-state index in [2.05, 4.69) is 13.5 Å². The van der Waals surface area contributed by atoms with E-state index in [-0.39, 0.29) is 17.3 Å². The van der Waals surface area contributed by atoms with Gasteiger partial charge in [0.2, 0.25) is 0 Å².